The highest BCUT2D eigenvalue weighted by atomic mass is 32.1. The Morgan fingerprint density at radius 3 is 2.50 bits per heavy atom. The summed E-state index contributed by atoms with van der Waals surface area (Å²) in [5, 5.41) is 12.5. The van der Waals surface area contributed by atoms with E-state index in [1.807, 2.05) is 42.6 Å². The molecular formula is C18H23N3O2S. The predicted octanol–water partition coefficient (Wildman–Crippen LogP) is 2.34. The van der Waals surface area contributed by atoms with Crippen molar-refractivity contribution < 1.29 is 9.59 Å². The van der Waals surface area contributed by atoms with Gasteiger partial charge in [-0.05, 0) is 41.3 Å². The lowest BCUT2D eigenvalue weighted by Gasteiger charge is -2.14. The second-order valence-corrected chi connectivity index (χ2v) is 6.43. The molecule has 5 nitrogen and oxygen atoms in total. The molecule has 2 rings (SSSR count). The van der Waals surface area contributed by atoms with E-state index < -0.39 is 0 Å². The van der Waals surface area contributed by atoms with Gasteiger partial charge in [0.25, 0.3) is 0 Å². The monoisotopic (exact) mass is 345 g/mol. The third kappa shape index (κ3) is 6.83. The van der Waals surface area contributed by atoms with Crippen molar-refractivity contribution in [3.05, 3.63) is 58.3 Å². The Hall–Kier alpha value is -2.34. The van der Waals surface area contributed by atoms with Crippen molar-refractivity contribution in [2.45, 2.75) is 25.8 Å². The number of urea groups is 1. The zero-order valence-corrected chi connectivity index (χ0v) is 14.6. The van der Waals surface area contributed by atoms with E-state index in [4.69, 9.17) is 0 Å². The first-order valence-electron chi connectivity index (χ1n) is 7.99. The zero-order valence-electron chi connectivity index (χ0n) is 13.7. The lowest BCUT2D eigenvalue weighted by atomic mass is 10.1. The van der Waals surface area contributed by atoms with E-state index in [2.05, 4.69) is 27.4 Å². The summed E-state index contributed by atoms with van der Waals surface area (Å²) in [4.78, 5) is 23.6. The van der Waals surface area contributed by atoms with Crippen molar-refractivity contribution in [2.24, 2.45) is 0 Å². The smallest absolute Gasteiger partial charge is 0.315 e. The van der Waals surface area contributed by atoms with Gasteiger partial charge >= 0.3 is 6.03 Å². The fourth-order valence-electron chi connectivity index (χ4n) is 2.31. The van der Waals surface area contributed by atoms with Gasteiger partial charge in [0.1, 0.15) is 0 Å². The molecule has 0 saturated heterocycles. The number of amides is 3. The Morgan fingerprint density at radius 1 is 1.04 bits per heavy atom. The first-order valence-corrected chi connectivity index (χ1v) is 8.94. The van der Waals surface area contributed by atoms with Gasteiger partial charge in [-0.1, -0.05) is 30.3 Å². The van der Waals surface area contributed by atoms with Gasteiger partial charge in [-0.2, -0.15) is 11.3 Å². The number of thiophene rings is 1. The summed E-state index contributed by atoms with van der Waals surface area (Å²) in [5.41, 5.74) is 2.20. The van der Waals surface area contributed by atoms with Crippen LogP contribution in [-0.2, 0) is 17.6 Å². The Bertz CT molecular complexity index is 629. The molecule has 0 aliphatic heterocycles. The summed E-state index contributed by atoms with van der Waals surface area (Å²) in [6.45, 7) is 2.79. The number of hydrogen-bond acceptors (Lipinski definition) is 3. The van der Waals surface area contributed by atoms with E-state index in [0.29, 0.717) is 19.5 Å². The molecule has 0 aliphatic rings. The van der Waals surface area contributed by atoms with Gasteiger partial charge < -0.3 is 16.0 Å². The molecule has 0 radical (unpaired) electrons. The molecule has 1 atom stereocenters. The zero-order chi connectivity index (χ0) is 17.2. The molecule has 1 aromatic carbocycles. The van der Waals surface area contributed by atoms with Crippen LogP contribution in [0.5, 0.6) is 0 Å². The normalized spacial score (nSPS) is 11.5. The third-order valence-corrected chi connectivity index (χ3v) is 4.17. The molecule has 2 aromatic rings. The summed E-state index contributed by atoms with van der Waals surface area (Å²) in [5.74, 6) is -0.0470. The van der Waals surface area contributed by atoms with Gasteiger partial charge in [0.15, 0.2) is 0 Å². The van der Waals surface area contributed by atoms with E-state index in [0.717, 1.165) is 12.0 Å². The number of rotatable bonds is 8. The van der Waals surface area contributed by atoms with Gasteiger partial charge in [-0.25, -0.2) is 4.79 Å². The average molecular weight is 345 g/mol. The second kappa shape index (κ2) is 9.72. The maximum atomic E-state index is 11.8. The minimum Gasteiger partial charge on any atom is -0.354 e. The highest BCUT2D eigenvalue weighted by Gasteiger charge is 2.08. The summed E-state index contributed by atoms with van der Waals surface area (Å²) >= 11 is 1.65. The SMILES string of the molecule is C[C@@H](Cc1ccsc1)NC(=O)NCCNC(=O)Cc1ccccc1. The van der Waals surface area contributed by atoms with Crippen LogP contribution in [0.4, 0.5) is 4.79 Å². The molecule has 0 fully saturated rings. The number of benzene rings is 1. The Kier molecular flexibility index (Phi) is 7.29. The lowest BCUT2D eigenvalue weighted by Crippen LogP contribution is -2.44. The van der Waals surface area contributed by atoms with E-state index in [-0.39, 0.29) is 18.0 Å². The average Bonchev–Trinajstić information content (AvgIpc) is 3.05. The van der Waals surface area contributed by atoms with Gasteiger partial charge in [0.05, 0.1) is 6.42 Å². The quantitative estimate of drug-likeness (QED) is 0.643. The molecule has 1 aromatic heterocycles. The summed E-state index contributed by atoms with van der Waals surface area (Å²) in [6, 6.07) is 11.5. The summed E-state index contributed by atoms with van der Waals surface area (Å²) in [7, 11) is 0. The minimum atomic E-state index is -0.213. The van der Waals surface area contributed by atoms with Gasteiger partial charge in [0.2, 0.25) is 5.91 Å². The van der Waals surface area contributed by atoms with Crippen molar-refractivity contribution in [2.75, 3.05) is 13.1 Å². The predicted molar refractivity (Wildman–Crippen MR) is 97.2 cm³/mol. The molecule has 3 N–H and O–H groups in total. The van der Waals surface area contributed by atoms with E-state index in [1.165, 1.54) is 5.56 Å². The van der Waals surface area contributed by atoms with E-state index >= 15 is 0 Å². The van der Waals surface area contributed by atoms with Crippen LogP contribution in [0.3, 0.4) is 0 Å². The number of nitrogens with one attached hydrogen (secondary N) is 3. The molecular weight excluding hydrogens is 322 g/mol. The Morgan fingerprint density at radius 2 is 1.79 bits per heavy atom. The molecule has 128 valence electrons. The van der Waals surface area contributed by atoms with Gasteiger partial charge in [-0.3, -0.25) is 4.79 Å². The van der Waals surface area contributed by atoms with Crippen LogP contribution in [-0.4, -0.2) is 31.1 Å². The topological polar surface area (TPSA) is 70.2 Å². The number of carbonyl (C=O) groups excluding carboxylic acids is 2. The molecule has 6 heteroatoms. The van der Waals surface area contributed by atoms with Crippen LogP contribution in [0.2, 0.25) is 0 Å². The van der Waals surface area contributed by atoms with Crippen LogP contribution in [0.15, 0.2) is 47.2 Å². The fourth-order valence-corrected chi connectivity index (χ4v) is 2.99. The summed E-state index contributed by atoms with van der Waals surface area (Å²) in [6.07, 6.45) is 1.16. The molecule has 0 aliphatic carbocycles. The van der Waals surface area contributed by atoms with E-state index in [9.17, 15) is 9.59 Å². The van der Waals surface area contributed by atoms with Crippen LogP contribution in [0, 0.1) is 0 Å². The second-order valence-electron chi connectivity index (χ2n) is 5.65. The highest BCUT2D eigenvalue weighted by Crippen LogP contribution is 2.08. The summed E-state index contributed by atoms with van der Waals surface area (Å²) < 4.78 is 0. The van der Waals surface area contributed by atoms with Gasteiger partial charge in [0, 0.05) is 19.1 Å². The van der Waals surface area contributed by atoms with Crippen molar-refractivity contribution in [3.63, 3.8) is 0 Å². The van der Waals surface area contributed by atoms with Crippen LogP contribution < -0.4 is 16.0 Å². The number of hydrogen-bond donors (Lipinski definition) is 3. The molecule has 0 spiro atoms. The van der Waals surface area contributed by atoms with Crippen molar-refractivity contribution in [1.82, 2.24) is 16.0 Å². The number of carbonyl (C=O) groups is 2. The first kappa shape index (κ1) is 18.0. The van der Waals surface area contributed by atoms with Crippen molar-refractivity contribution >= 4 is 23.3 Å². The molecule has 3 amide bonds. The fraction of sp³-hybridized carbons (Fsp3) is 0.333. The van der Waals surface area contributed by atoms with Gasteiger partial charge in [-0.15, -0.1) is 0 Å². The molecule has 1 heterocycles. The highest BCUT2D eigenvalue weighted by molar-refractivity contribution is 7.07. The molecule has 0 saturated carbocycles. The van der Waals surface area contributed by atoms with Crippen LogP contribution in [0.25, 0.3) is 0 Å². The van der Waals surface area contributed by atoms with Crippen molar-refractivity contribution in [3.8, 4) is 0 Å². The largest absolute Gasteiger partial charge is 0.354 e. The first-order chi connectivity index (χ1) is 11.6. The molecule has 0 bridgehead atoms. The van der Waals surface area contributed by atoms with E-state index in [1.54, 1.807) is 11.3 Å². The Balaban J connectivity index is 1.56. The van der Waals surface area contributed by atoms with Crippen LogP contribution >= 0.6 is 11.3 Å². The lowest BCUT2D eigenvalue weighted by molar-refractivity contribution is -0.120. The third-order valence-electron chi connectivity index (χ3n) is 3.44. The maximum Gasteiger partial charge on any atom is 0.315 e. The van der Waals surface area contributed by atoms with Crippen molar-refractivity contribution in [1.29, 1.82) is 0 Å². The maximum absolute atomic E-state index is 11.8. The molecule has 0 unspecified atom stereocenters. The van der Waals surface area contributed by atoms with Crippen LogP contribution in [0.1, 0.15) is 18.1 Å². The minimum absolute atomic E-state index is 0.0470. The Labute approximate surface area is 146 Å². The molecule has 24 heavy (non-hydrogen) atoms. The standard InChI is InChI=1S/C18H23N3O2S/c1-14(11-16-7-10-24-13-16)21-18(23)20-9-8-19-17(22)12-15-5-3-2-4-6-15/h2-7,10,13-14H,8-9,11-12H2,1H3,(H,19,22)(H2,20,21,23)/t14-/m0/s1.